The van der Waals surface area contributed by atoms with Crippen molar-refractivity contribution >= 4 is 0 Å². The average molecular weight is 166 g/mol. The van der Waals surface area contributed by atoms with Crippen LogP contribution in [0.1, 0.15) is 34.1 Å². The van der Waals surface area contributed by atoms with Gasteiger partial charge in [-0.3, -0.25) is 0 Å². The molecular formula is C11H18O. The van der Waals surface area contributed by atoms with E-state index in [4.69, 9.17) is 5.11 Å². The molecular weight excluding hydrogens is 148 g/mol. The molecule has 0 bridgehead atoms. The maximum atomic E-state index is 8.68. The molecule has 0 fully saturated rings. The van der Waals surface area contributed by atoms with Crippen molar-refractivity contribution in [1.29, 1.82) is 0 Å². The number of rotatable bonds is 3. The molecule has 0 amide bonds. The molecule has 0 aliphatic carbocycles. The van der Waals surface area contributed by atoms with E-state index in [1.165, 1.54) is 5.57 Å². The summed E-state index contributed by atoms with van der Waals surface area (Å²) < 4.78 is 0. The normalized spacial score (nSPS) is 9.17. The van der Waals surface area contributed by atoms with E-state index in [1.54, 1.807) is 0 Å². The number of aliphatic hydroxyl groups is 1. The third-order valence-electron chi connectivity index (χ3n) is 1.44. The SMILES string of the molecule is CC(=C=C=C(C)CC(C)C)CO. The summed E-state index contributed by atoms with van der Waals surface area (Å²) in [7, 11) is 0. The van der Waals surface area contributed by atoms with E-state index < -0.39 is 0 Å². The van der Waals surface area contributed by atoms with E-state index in [0.717, 1.165) is 12.0 Å². The molecule has 0 rings (SSSR count). The standard InChI is InChI=1S/C11H18O/c1-9(2)7-10(3)5-6-11(4)8-12/h9,12H,7-8H2,1-4H3. The number of aliphatic hydroxyl groups excluding tert-OH is 1. The highest BCUT2D eigenvalue weighted by Gasteiger charge is 1.93. The summed E-state index contributed by atoms with van der Waals surface area (Å²) in [6.07, 6.45) is 1.05. The Morgan fingerprint density at radius 1 is 1.17 bits per heavy atom. The predicted molar refractivity (Wildman–Crippen MR) is 51.9 cm³/mol. The van der Waals surface area contributed by atoms with Gasteiger partial charge in [0.1, 0.15) is 0 Å². The molecule has 0 aromatic carbocycles. The predicted octanol–water partition coefficient (Wildman–Crippen LogP) is 2.67. The molecule has 0 aliphatic heterocycles. The highest BCUT2D eigenvalue weighted by molar-refractivity contribution is 5.03. The van der Waals surface area contributed by atoms with Gasteiger partial charge in [0.05, 0.1) is 6.61 Å². The van der Waals surface area contributed by atoms with Crippen molar-refractivity contribution in [1.82, 2.24) is 0 Å². The van der Waals surface area contributed by atoms with Crippen LogP contribution in [0.15, 0.2) is 22.6 Å². The number of hydrogen-bond donors (Lipinski definition) is 1. The maximum absolute atomic E-state index is 8.68. The molecule has 0 aromatic heterocycles. The molecule has 1 heteroatoms. The second-order valence-electron chi connectivity index (χ2n) is 3.57. The zero-order chi connectivity index (χ0) is 9.56. The summed E-state index contributed by atoms with van der Waals surface area (Å²) in [5.41, 5.74) is 7.98. The molecule has 0 unspecified atom stereocenters. The van der Waals surface area contributed by atoms with E-state index in [-0.39, 0.29) is 6.61 Å². The average Bonchev–Trinajstić information content (AvgIpc) is 1.99. The lowest BCUT2D eigenvalue weighted by molar-refractivity contribution is 0.331. The Balaban J connectivity index is 4.43. The zero-order valence-corrected chi connectivity index (χ0v) is 8.44. The molecule has 0 heterocycles. The molecule has 1 nitrogen and oxygen atoms in total. The molecule has 0 aliphatic rings. The van der Waals surface area contributed by atoms with Gasteiger partial charge in [-0.05, 0) is 31.8 Å². The minimum absolute atomic E-state index is 0.0714. The van der Waals surface area contributed by atoms with Crippen LogP contribution in [0.4, 0.5) is 0 Å². The Morgan fingerprint density at radius 2 is 1.67 bits per heavy atom. The van der Waals surface area contributed by atoms with E-state index >= 15 is 0 Å². The lowest BCUT2D eigenvalue weighted by Crippen LogP contribution is -1.86. The third kappa shape index (κ3) is 6.00. The second-order valence-corrected chi connectivity index (χ2v) is 3.57. The molecule has 68 valence electrons. The third-order valence-corrected chi connectivity index (χ3v) is 1.44. The Hall–Kier alpha value is -0.740. The Kier molecular flexibility index (Phi) is 5.49. The molecule has 12 heavy (non-hydrogen) atoms. The summed E-state index contributed by atoms with van der Waals surface area (Å²) in [5.74, 6) is 0.661. The van der Waals surface area contributed by atoms with Crippen molar-refractivity contribution < 1.29 is 5.11 Å². The van der Waals surface area contributed by atoms with Crippen molar-refractivity contribution in [3.8, 4) is 0 Å². The van der Waals surface area contributed by atoms with Gasteiger partial charge in [-0.1, -0.05) is 25.3 Å². The summed E-state index contributed by atoms with van der Waals surface area (Å²) in [6, 6.07) is 0. The summed E-state index contributed by atoms with van der Waals surface area (Å²) in [5, 5.41) is 8.68. The van der Waals surface area contributed by atoms with Crippen molar-refractivity contribution in [2.45, 2.75) is 34.1 Å². The Morgan fingerprint density at radius 3 is 2.08 bits per heavy atom. The summed E-state index contributed by atoms with van der Waals surface area (Å²) in [6.45, 7) is 8.30. The monoisotopic (exact) mass is 166 g/mol. The van der Waals surface area contributed by atoms with Gasteiger partial charge in [-0.15, -0.1) is 0 Å². The molecule has 1 N–H and O–H groups in total. The van der Waals surface area contributed by atoms with Crippen LogP contribution in [0.2, 0.25) is 0 Å². The van der Waals surface area contributed by atoms with Crippen LogP contribution in [0, 0.1) is 5.92 Å². The van der Waals surface area contributed by atoms with Crippen molar-refractivity contribution in [3.05, 3.63) is 22.6 Å². The van der Waals surface area contributed by atoms with Gasteiger partial charge in [-0.25, -0.2) is 0 Å². The van der Waals surface area contributed by atoms with Gasteiger partial charge in [-0.2, -0.15) is 0 Å². The van der Waals surface area contributed by atoms with Crippen LogP contribution in [0.5, 0.6) is 0 Å². The van der Waals surface area contributed by atoms with Crippen LogP contribution in [-0.4, -0.2) is 11.7 Å². The lowest BCUT2D eigenvalue weighted by atomic mass is 10.1. The fraction of sp³-hybridized carbons (Fsp3) is 0.636. The topological polar surface area (TPSA) is 20.2 Å². The zero-order valence-electron chi connectivity index (χ0n) is 8.44. The largest absolute Gasteiger partial charge is 0.391 e. The van der Waals surface area contributed by atoms with Gasteiger partial charge in [0.25, 0.3) is 0 Å². The van der Waals surface area contributed by atoms with Gasteiger partial charge >= 0.3 is 0 Å². The second kappa shape index (κ2) is 5.85. The fourth-order valence-corrected chi connectivity index (χ4v) is 0.916. The van der Waals surface area contributed by atoms with Gasteiger partial charge in [0.15, 0.2) is 0 Å². The van der Waals surface area contributed by atoms with Crippen molar-refractivity contribution in [3.63, 3.8) is 0 Å². The maximum Gasteiger partial charge on any atom is 0.0719 e. The molecule has 0 atom stereocenters. The van der Waals surface area contributed by atoms with Crippen LogP contribution >= 0.6 is 0 Å². The van der Waals surface area contributed by atoms with E-state index in [2.05, 4.69) is 25.3 Å². The smallest absolute Gasteiger partial charge is 0.0719 e. The van der Waals surface area contributed by atoms with Gasteiger partial charge < -0.3 is 5.11 Å². The summed E-state index contributed by atoms with van der Waals surface area (Å²) in [4.78, 5) is 0. The van der Waals surface area contributed by atoms with E-state index in [1.807, 2.05) is 13.8 Å². The van der Waals surface area contributed by atoms with Crippen LogP contribution < -0.4 is 0 Å². The van der Waals surface area contributed by atoms with Crippen LogP contribution in [-0.2, 0) is 0 Å². The first-order chi connectivity index (χ1) is 5.56. The van der Waals surface area contributed by atoms with E-state index in [9.17, 15) is 0 Å². The lowest BCUT2D eigenvalue weighted by Gasteiger charge is -1.99. The fourth-order valence-electron chi connectivity index (χ4n) is 0.916. The first kappa shape index (κ1) is 11.3. The molecule has 0 spiro atoms. The Bertz CT molecular complexity index is 223. The first-order valence-corrected chi connectivity index (χ1v) is 4.34. The van der Waals surface area contributed by atoms with Crippen molar-refractivity contribution in [2.75, 3.05) is 6.61 Å². The van der Waals surface area contributed by atoms with E-state index in [0.29, 0.717) is 5.92 Å². The number of allylic oxidation sites excluding steroid dienone is 1. The van der Waals surface area contributed by atoms with Crippen LogP contribution in [0.3, 0.4) is 0 Å². The minimum atomic E-state index is 0.0714. The summed E-state index contributed by atoms with van der Waals surface area (Å²) >= 11 is 0. The van der Waals surface area contributed by atoms with Crippen LogP contribution in [0.25, 0.3) is 0 Å². The quantitative estimate of drug-likeness (QED) is 0.639. The van der Waals surface area contributed by atoms with Crippen molar-refractivity contribution in [2.24, 2.45) is 5.92 Å². The highest BCUT2D eigenvalue weighted by atomic mass is 16.3. The molecule has 0 saturated heterocycles. The highest BCUT2D eigenvalue weighted by Crippen LogP contribution is 2.07. The number of hydrogen-bond acceptors (Lipinski definition) is 1. The minimum Gasteiger partial charge on any atom is -0.391 e. The molecule has 0 radical (unpaired) electrons. The Labute approximate surface area is 75.1 Å². The van der Waals surface area contributed by atoms with Gasteiger partial charge in [0.2, 0.25) is 0 Å². The molecule has 0 saturated carbocycles. The first-order valence-electron chi connectivity index (χ1n) is 4.34. The van der Waals surface area contributed by atoms with Gasteiger partial charge in [0, 0.05) is 5.57 Å². The molecule has 0 aromatic rings.